The molecule has 0 unspecified atom stereocenters. The third kappa shape index (κ3) is 16.3. The van der Waals surface area contributed by atoms with Gasteiger partial charge >= 0.3 is 18.4 Å². The van der Waals surface area contributed by atoms with Gasteiger partial charge in [0.1, 0.15) is 31.3 Å². The smallest absolute Gasteiger partial charge is 0.419 e. The van der Waals surface area contributed by atoms with E-state index in [4.69, 9.17) is 34.2 Å². The zero-order valence-corrected chi connectivity index (χ0v) is 59.9. The van der Waals surface area contributed by atoms with E-state index in [0.29, 0.717) is 76.7 Å². The lowest BCUT2D eigenvalue weighted by atomic mass is 10.00. The highest BCUT2D eigenvalue weighted by molar-refractivity contribution is 7.90. The van der Waals surface area contributed by atoms with E-state index in [1.807, 2.05) is 93.6 Å². The molecule has 2 aliphatic rings. The lowest BCUT2D eigenvalue weighted by Gasteiger charge is -2.37. The molecule has 0 radical (unpaired) electrons. The Labute approximate surface area is 602 Å². The van der Waals surface area contributed by atoms with E-state index in [2.05, 4.69) is 35.6 Å². The van der Waals surface area contributed by atoms with E-state index in [1.54, 1.807) is 72.4 Å². The number of hydrogen-bond donors (Lipinski definition) is 2. The molecule has 12 aromatic rings. The number of ether oxygens (including phenoxy) is 2. The highest BCUT2D eigenvalue weighted by Gasteiger charge is 2.39. The van der Waals surface area contributed by atoms with E-state index in [9.17, 15) is 48.0 Å². The first-order chi connectivity index (χ1) is 50.1. The lowest BCUT2D eigenvalue weighted by molar-refractivity contribution is -0.137. The number of nitrogens with two attached hydrogens (primary N) is 1. The van der Waals surface area contributed by atoms with E-state index >= 15 is 0 Å². The van der Waals surface area contributed by atoms with Crippen molar-refractivity contribution in [1.82, 2.24) is 58.0 Å². The Morgan fingerprint density at radius 3 is 1.48 bits per heavy atom. The van der Waals surface area contributed by atoms with Gasteiger partial charge in [-0.15, -0.1) is 0 Å². The van der Waals surface area contributed by atoms with Gasteiger partial charge in [0.15, 0.2) is 11.3 Å². The number of anilines is 1. The van der Waals surface area contributed by atoms with Crippen LogP contribution in [0.2, 0.25) is 0 Å². The summed E-state index contributed by atoms with van der Waals surface area (Å²) < 4.78 is 144. The second-order valence-electron chi connectivity index (χ2n) is 25.3. The molecule has 2 amide bonds. The molecule has 2 fully saturated rings. The summed E-state index contributed by atoms with van der Waals surface area (Å²) in [5, 5.41) is 10.9. The summed E-state index contributed by atoms with van der Waals surface area (Å²) >= 11 is 0. The van der Waals surface area contributed by atoms with Gasteiger partial charge in [0.2, 0.25) is 20.9 Å². The summed E-state index contributed by atoms with van der Waals surface area (Å²) in [6.45, 7) is 10.9. The highest BCUT2D eigenvalue weighted by atomic mass is 32.2. The Hall–Kier alpha value is -11.2. The van der Waals surface area contributed by atoms with Gasteiger partial charge in [-0.25, -0.2) is 72.7 Å². The number of benzene rings is 4. The van der Waals surface area contributed by atoms with Gasteiger partial charge in [-0.05, 0) is 126 Å². The van der Waals surface area contributed by atoms with Crippen LogP contribution in [0.5, 0.6) is 0 Å². The molecule has 26 nitrogen and oxygen atoms in total. The molecule has 32 heteroatoms. The standard InChI is InChI=1S/C36H35N7O5S.C23H16F3N5O5S2.C14H20N2O2/c1-23-18-37-35(38-27-15-14-24(2)42(19-27)36(44)47-21-26-10-6-4-7-11-26)40-33(23)30-20-43(49(45,46)28-12-8-5-9-13-28)34-29(30)16-17-32(39-34)31-22-48-41-25(31)3;1-13-17(12-36-30-13)19-9-8-15-16(20-18(23(24,25)26)10-27-22(29-20)37(2,32)33)11-31(21(15)28-19)38(34,35)14-6-4-3-5-7-14;1-11-7-8-13(15)9-16(11)14(17)18-10-12-5-3-2-4-6-12/h4-13,16-18,20,22,24,27H,14-15,19,21H2,1-3H3,(H,37,38,40);3-12H,1-2H3;2-6,11,13H,7-10,15H2,1H3/t24-,27-;;11-,13-/m0.0/s1. The van der Waals surface area contributed by atoms with Crippen LogP contribution in [0.3, 0.4) is 0 Å². The van der Waals surface area contributed by atoms with Crippen LogP contribution in [0.25, 0.3) is 67.1 Å². The zero-order chi connectivity index (χ0) is 74.5. The molecule has 4 aromatic carbocycles. The Bertz CT molecular complexity index is 5500. The Balaban J connectivity index is 0.000000163. The van der Waals surface area contributed by atoms with Crippen LogP contribution in [0, 0.1) is 20.8 Å². The number of sulfone groups is 1. The average Bonchev–Trinajstić information content (AvgIpc) is 1.60. The number of aromatic nitrogens is 10. The first-order valence-electron chi connectivity index (χ1n) is 33.1. The van der Waals surface area contributed by atoms with Crippen LogP contribution in [-0.2, 0) is 58.7 Å². The number of aryl methyl sites for hydroxylation is 3. The predicted octanol–water partition coefficient (Wildman–Crippen LogP) is 12.9. The first-order valence-corrected chi connectivity index (χ1v) is 37.8. The highest BCUT2D eigenvalue weighted by Crippen LogP contribution is 2.42. The second kappa shape index (κ2) is 30.6. The molecule has 0 spiro atoms. The maximum atomic E-state index is 14.0. The molecule has 544 valence electrons. The topological polar surface area (TPSA) is 339 Å². The fourth-order valence-electron chi connectivity index (χ4n) is 12.1. The fourth-order valence-corrected chi connectivity index (χ4v) is 15.3. The van der Waals surface area contributed by atoms with Crippen molar-refractivity contribution in [2.24, 2.45) is 5.73 Å². The lowest BCUT2D eigenvalue weighted by Crippen LogP contribution is -2.50. The van der Waals surface area contributed by atoms with Crippen LogP contribution in [0.15, 0.2) is 207 Å². The first kappa shape index (κ1) is 73.5. The maximum Gasteiger partial charge on any atom is 0.419 e. The van der Waals surface area contributed by atoms with Gasteiger partial charge in [-0.2, -0.15) is 13.2 Å². The van der Waals surface area contributed by atoms with E-state index in [1.165, 1.54) is 52.9 Å². The summed E-state index contributed by atoms with van der Waals surface area (Å²) in [5.41, 5.74) is 10.3. The number of rotatable bonds is 15. The van der Waals surface area contributed by atoms with Crippen LogP contribution in [0.4, 0.5) is 28.7 Å². The number of nitrogens with zero attached hydrogens (tertiary/aromatic N) is 12. The third-order valence-electron chi connectivity index (χ3n) is 17.8. The van der Waals surface area contributed by atoms with Crippen LogP contribution in [-0.4, -0.2) is 139 Å². The quantitative estimate of drug-likeness (QED) is 0.0900. The predicted molar refractivity (Wildman–Crippen MR) is 382 cm³/mol. The maximum absolute atomic E-state index is 14.0. The summed E-state index contributed by atoms with van der Waals surface area (Å²) in [4.78, 5) is 54.2. The average molecular weight is 1490 g/mol. The Kier molecular flexibility index (Phi) is 21.4. The fraction of sp³-hybridized carbons (Fsp3) is 0.260. The van der Waals surface area contributed by atoms with Crippen molar-refractivity contribution < 1.29 is 66.5 Å². The molecule has 8 aromatic heterocycles. The number of pyridine rings is 2. The van der Waals surface area contributed by atoms with E-state index in [0.717, 1.165) is 58.8 Å². The van der Waals surface area contributed by atoms with Gasteiger partial charge < -0.3 is 39.4 Å². The molecule has 3 N–H and O–H groups in total. The molecule has 14 rings (SSSR count). The number of hydrogen-bond acceptors (Lipinski definition) is 22. The normalized spacial score (nSPS) is 16.4. The monoisotopic (exact) mass is 1490 g/mol. The van der Waals surface area contributed by atoms with Crippen molar-refractivity contribution in [2.45, 2.75) is 119 Å². The van der Waals surface area contributed by atoms with Crippen molar-refractivity contribution in [1.29, 1.82) is 0 Å². The molecule has 0 saturated carbocycles. The summed E-state index contributed by atoms with van der Waals surface area (Å²) in [6.07, 6.45) is 6.00. The van der Waals surface area contributed by atoms with Crippen LogP contribution < -0.4 is 11.1 Å². The van der Waals surface area contributed by atoms with Crippen molar-refractivity contribution >= 4 is 70.1 Å². The molecule has 10 heterocycles. The zero-order valence-electron chi connectivity index (χ0n) is 57.5. The summed E-state index contributed by atoms with van der Waals surface area (Å²) in [7, 11) is -12.5. The number of carbonyl (C=O) groups excluding carboxylic acids is 2. The molecule has 2 aliphatic heterocycles. The molecule has 4 atom stereocenters. The molecule has 2 saturated heterocycles. The number of piperidine rings is 2. The molecule has 105 heavy (non-hydrogen) atoms. The second-order valence-corrected chi connectivity index (χ2v) is 30.9. The van der Waals surface area contributed by atoms with Gasteiger partial charge in [0.25, 0.3) is 20.0 Å². The van der Waals surface area contributed by atoms with E-state index in [-0.39, 0.29) is 80.7 Å². The minimum Gasteiger partial charge on any atom is -0.445 e. The molecule has 0 aliphatic carbocycles. The van der Waals surface area contributed by atoms with Crippen molar-refractivity contribution in [3.63, 3.8) is 0 Å². The van der Waals surface area contributed by atoms with Gasteiger partial charge in [0.05, 0.1) is 55.1 Å². The Morgan fingerprint density at radius 1 is 0.562 bits per heavy atom. The number of fused-ring (bicyclic) bond motifs is 2. The molecular weight excluding hydrogens is 1420 g/mol. The van der Waals surface area contributed by atoms with Crippen molar-refractivity contribution in [2.75, 3.05) is 24.7 Å². The number of nitrogens with one attached hydrogen (secondary N) is 1. The number of alkyl halides is 3. The minimum atomic E-state index is -4.98. The van der Waals surface area contributed by atoms with Crippen LogP contribution in [0.1, 0.15) is 73.2 Å². The minimum absolute atomic E-state index is 0.0209. The van der Waals surface area contributed by atoms with E-state index < -0.39 is 52.5 Å². The van der Waals surface area contributed by atoms with Gasteiger partial charge in [-0.3, -0.25) is 0 Å². The van der Waals surface area contributed by atoms with Crippen molar-refractivity contribution in [3.05, 3.63) is 217 Å². The largest absolute Gasteiger partial charge is 0.445 e. The number of carbonyl (C=O) groups is 2. The third-order valence-corrected chi connectivity index (χ3v) is 22.0. The van der Waals surface area contributed by atoms with Gasteiger partial charge in [-0.1, -0.05) is 107 Å². The van der Waals surface area contributed by atoms with Crippen LogP contribution >= 0.6 is 0 Å². The Morgan fingerprint density at radius 2 is 1.02 bits per heavy atom. The van der Waals surface area contributed by atoms with Crippen molar-refractivity contribution in [3.8, 4) is 45.0 Å². The summed E-state index contributed by atoms with van der Waals surface area (Å²) in [5.74, 6) is 0.370. The number of amides is 2. The summed E-state index contributed by atoms with van der Waals surface area (Å²) in [6, 6.07) is 41.4. The van der Waals surface area contributed by atoms with Gasteiger partial charge in [0, 0.05) is 90.2 Å². The number of halogens is 3. The molecular formula is C73H71F3N14O12S3. The number of likely N-dealkylation sites (tertiary alicyclic amines) is 2. The SMILES string of the molecule is C[C@H]1CC[C@H](N)CN1C(=O)OCc1ccccc1.Cc1cnc(N[C@H]2CC[C@H](C)N(C(=O)OCc3ccccc3)C2)nc1-c1cn(S(=O)(=O)c2ccccc2)c2nc(-c3conc3C)ccc12.Cc1nocc1-c1ccc2c(-c3nc(S(C)(=O)=O)ncc3C(F)(F)F)cn(S(=O)(=O)c3ccccc3)c2n1. The molecule has 0 bridgehead atoms.